The molecule has 0 aromatic carbocycles. The Morgan fingerprint density at radius 3 is 2.20 bits per heavy atom. The zero-order valence-corrected chi connectivity index (χ0v) is 13.9. The Labute approximate surface area is 123 Å². The van der Waals surface area contributed by atoms with Gasteiger partial charge in [0.1, 0.15) is 17.5 Å². The lowest BCUT2D eigenvalue weighted by Crippen LogP contribution is -2.35. The van der Waals surface area contributed by atoms with Crippen LogP contribution in [0.15, 0.2) is 6.07 Å². The van der Waals surface area contributed by atoms with Crippen LogP contribution in [-0.2, 0) is 5.41 Å². The SMILES string of the molecule is CC(C)CN(c1cc(NN)nc(C(C)(C)C)n1)C(C)C. The van der Waals surface area contributed by atoms with Crippen molar-refractivity contribution in [3.05, 3.63) is 11.9 Å². The van der Waals surface area contributed by atoms with E-state index in [4.69, 9.17) is 10.8 Å². The first-order valence-electron chi connectivity index (χ1n) is 7.28. The number of hydrogen-bond acceptors (Lipinski definition) is 5. The van der Waals surface area contributed by atoms with E-state index in [-0.39, 0.29) is 5.41 Å². The van der Waals surface area contributed by atoms with Crippen LogP contribution in [0.3, 0.4) is 0 Å². The summed E-state index contributed by atoms with van der Waals surface area (Å²) in [6.45, 7) is 16.1. The first-order chi connectivity index (χ1) is 9.15. The number of nitrogens with one attached hydrogen (secondary N) is 1. The van der Waals surface area contributed by atoms with Crippen molar-refractivity contribution < 1.29 is 0 Å². The van der Waals surface area contributed by atoms with Gasteiger partial charge in [-0.05, 0) is 19.8 Å². The van der Waals surface area contributed by atoms with Crippen molar-refractivity contribution in [1.82, 2.24) is 9.97 Å². The third-order valence-corrected chi connectivity index (χ3v) is 3.01. The first-order valence-corrected chi connectivity index (χ1v) is 7.28. The van der Waals surface area contributed by atoms with E-state index < -0.39 is 0 Å². The number of anilines is 2. The topological polar surface area (TPSA) is 67.1 Å². The van der Waals surface area contributed by atoms with Gasteiger partial charge in [-0.1, -0.05) is 34.6 Å². The zero-order chi connectivity index (χ0) is 15.5. The highest BCUT2D eigenvalue weighted by Crippen LogP contribution is 2.25. The quantitative estimate of drug-likeness (QED) is 0.641. The summed E-state index contributed by atoms with van der Waals surface area (Å²) >= 11 is 0. The molecule has 0 bridgehead atoms. The molecular formula is C15H29N5. The normalized spacial score (nSPS) is 12.1. The highest BCUT2D eigenvalue weighted by atomic mass is 15.3. The predicted molar refractivity (Wildman–Crippen MR) is 85.9 cm³/mol. The van der Waals surface area contributed by atoms with E-state index >= 15 is 0 Å². The van der Waals surface area contributed by atoms with Crippen LogP contribution in [0.2, 0.25) is 0 Å². The average molecular weight is 279 g/mol. The van der Waals surface area contributed by atoms with Crippen molar-refractivity contribution in [1.29, 1.82) is 0 Å². The summed E-state index contributed by atoms with van der Waals surface area (Å²) in [7, 11) is 0. The summed E-state index contributed by atoms with van der Waals surface area (Å²) in [5.74, 6) is 8.52. The minimum absolute atomic E-state index is 0.109. The molecule has 0 unspecified atom stereocenters. The van der Waals surface area contributed by atoms with Gasteiger partial charge in [0, 0.05) is 24.1 Å². The van der Waals surface area contributed by atoms with Gasteiger partial charge in [0.2, 0.25) is 0 Å². The van der Waals surface area contributed by atoms with E-state index in [9.17, 15) is 0 Å². The van der Waals surface area contributed by atoms with Crippen LogP contribution in [0.5, 0.6) is 0 Å². The van der Waals surface area contributed by atoms with Gasteiger partial charge in [0.25, 0.3) is 0 Å². The molecule has 20 heavy (non-hydrogen) atoms. The minimum Gasteiger partial charge on any atom is -0.354 e. The molecule has 0 aliphatic carbocycles. The maximum atomic E-state index is 5.55. The van der Waals surface area contributed by atoms with Gasteiger partial charge in [-0.15, -0.1) is 0 Å². The standard InChI is InChI=1S/C15H29N5/c1-10(2)9-20(11(3)4)13-8-12(19-16)17-14(18-13)15(5,6)7/h8,10-11H,9,16H2,1-7H3,(H,17,18,19). The fraction of sp³-hybridized carbons (Fsp3) is 0.733. The Morgan fingerprint density at radius 2 is 1.80 bits per heavy atom. The van der Waals surface area contributed by atoms with Crippen LogP contribution in [0, 0.1) is 5.92 Å². The molecule has 0 spiro atoms. The van der Waals surface area contributed by atoms with Crippen LogP contribution < -0.4 is 16.2 Å². The van der Waals surface area contributed by atoms with E-state index in [1.807, 2.05) is 6.07 Å². The van der Waals surface area contributed by atoms with Gasteiger partial charge in [0.05, 0.1) is 0 Å². The Balaban J connectivity index is 3.27. The molecule has 0 amide bonds. The molecule has 3 N–H and O–H groups in total. The third-order valence-electron chi connectivity index (χ3n) is 3.01. The second-order valence-electron chi connectivity index (χ2n) is 6.97. The van der Waals surface area contributed by atoms with Crippen LogP contribution >= 0.6 is 0 Å². The van der Waals surface area contributed by atoms with Crippen LogP contribution in [0.4, 0.5) is 11.6 Å². The van der Waals surface area contributed by atoms with Crippen molar-refractivity contribution in [2.45, 2.75) is 59.9 Å². The van der Waals surface area contributed by atoms with E-state index in [1.165, 1.54) is 0 Å². The Bertz CT molecular complexity index is 434. The van der Waals surface area contributed by atoms with Crippen molar-refractivity contribution in [2.75, 3.05) is 16.9 Å². The Morgan fingerprint density at radius 1 is 1.20 bits per heavy atom. The van der Waals surface area contributed by atoms with Crippen molar-refractivity contribution in [2.24, 2.45) is 11.8 Å². The molecule has 0 fully saturated rings. The Hall–Kier alpha value is -1.36. The summed E-state index contributed by atoms with van der Waals surface area (Å²) in [5, 5.41) is 0. The molecule has 1 aromatic heterocycles. The van der Waals surface area contributed by atoms with Crippen LogP contribution in [0.1, 0.15) is 54.3 Å². The van der Waals surface area contributed by atoms with E-state index in [0.29, 0.717) is 17.8 Å². The van der Waals surface area contributed by atoms with Crippen molar-refractivity contribution >= 4 is 11.6 Å². The number of aromatic nitrogens is 2. The fourth-order valence-corrected chi connectivity index (χ4v) is 1.95. The van der Waals surface area contributed by atoms with Gasteiger partial charge < -0.3 is 10.3 Å². The van der Waals surface area contributed by atoms with Crippen LogP contribution in [0.25, 0.3) is 0 Å². The number of nitrogens with zero attached hydrogens (tertiary/aromatic N) is 3. The lowest BCUT2D eigenvalue weighted by atomic mass is 9.95. The summed E-state index contributed by atoms with van der Waals surface area (Å²) < 4.78 is 0. The molecule has 1 aromatic rings. The lowest BCUT2D eigenvalue weighted by Gasteiger charge is -2.31. The van der Waals surface area contributed by atoms with Crippen molar-refractivity contribution in [3.8, 4) is 0 Å². The maximum Gasteiger partial charge on any atom is 0.145 e. The number of nitrogen functional groups attached to an aromatic ring is 1. The van der Waals surface area contributed by atoms with Gasteiger partial charge in [0.15, 0.2) is 0 Å². The summed E-state index contributed by atoms with van der Waals surface area (Å²) in [5.41, 5.74) is 2.54. The van der Waals surface area contributed by atoms with Gasteiger partial charge >= 0.3 is 0 Å². The van der Waals surface area contributed by atoms with Gasteiger partial charge in [-0.3, -0.25) is 0 Å². The number of nitrogens with two attached hydrogens (primary N) is 1. The molecule has 5 heteroatoms. The smallest absolute Gasteiger partial charge is 0.145 e. The molecule has 5 nitrogen and oxygen atoms in total. The molecule has 0 saturated carbocycles. The maximum absolute atomic E-state index is 5.55. The molecule has 0 saturated heterocycles. The second kappa shape index (κ2) is 6.39. The summed E-state index contributed by atoms with van der Waals surface area (Å²) in [6.07, 6.45) is 0. The van der Waals surface area contributed by atoms with Gasteiger partial charge in [-0.2, -0.15) is 0 Å². The molecule has 0 aliphatic heterocycles. The highest BCUT2D eigenvalue weighted by molar-refractivity contribution is 5.50. The van der Waals surface area contributed by atoms with E-state index in [1.54, 1.807) is 0 Å². The third kappa shape index (κ3) is 4.34. The minimum atomic E-state index is -0.109. The van der Waals surface area contributed by atoms with E-state index in [0.717, 1.165) is 18.2 Å². The largest absolute Gasteiger partial charge is 0.354 e. The molecular weight excluding hydrogens is 250 g/mol. The Kier molecular flexibility index (Phi) is 5.34. The average Bonchev–Trinajstić information content (AvgIpc) is 2.33. The predicted octanol–water partition coefficient (Wildman–Crippen LogP) is 2.93. The molecule has 1 heterocycles. The zero-order valence-electron chi connectivity index (χ0n) is 13.9. The lowest BCUT2D eigenvalue weighted by molar-refractivity contribution is 0.533. The highest BCUT2D eigenvalue weighted by Gasteiger charge is 2.22. The molecule has 0 aliphatic rings. The molecule has 0 radical (unpaired) electrons. The molecule has 0 atom stereocenters. The van der Waals surface area contributed by atoms with Gasteiger partial charge in [-0.25, -0.2) is 15.8 Å². The molecule has 1 rings (SSSR count). The number of hydrogen-bond donors (Lipinski definition) is 2. The second-order valence-corrected chi connectivity index (χ2v) is 6.97. The van der Waals surface area contributed by atoms with Crippen molar-refractivity contribution in [3.63, 3.8) is 0 Å². The number of hydrazine groups is 1. The fourth-order valence-electron chi connectivity index (χ4n) is 1.95. The number of rotatable bonds is 5. The summed E-state index contributed by atoms with van der Waals surface area (Å²) in [4.78, 5) is 11.5. The van der Waals surface area contributed by atoms with Crippen LogP contribution in [-0.4, -0.2) is 22.6 Å². The molecule has 114 valence electrons. The monoisotopic (exact) mass is 279 g/mol. The summed E-state index contributed by atoms with van der Waals surface area (Å²) in [6, 6.07) is 2.29. The van der Waals surface area contributed by atoms with E-state index in [2.05, 4.69) is 63.8 Å². The first kappa shape index (κ1) is 16.7.